The zero-order chi connectivity index (χ0) is 17.2. The summed E-state index contributed by atoms with van der Waals surface area (Å²) in [5, 5.41) is 0. The highest BCUT2D eigenvalue weighted by Crippen LogP contribution is 2.30. The lowest BCUT2D eigenvalue weighted by atomic mass is 10.1. The lowest BCUT2D eigenvalue weighted by Gasteiger charge is -2.15. The molecule has 128 valence electrons. The van der Waals surface area contributed by atoms with Gasteiger partial charge in [0.15, 0.2) is 5.75 Å². The Balaban J connectivity index is 1.51. The van der Waals surface area contributed by atoms with Crippen molar-refractivity contribution in [2.45, 2.75) is 18.9 Å². The van der Waals surface area contributed by atoms with Gasteiger partial charge in [-0.05, 0) is 30.7 Å². The number of aromatic amines is 1. The van der Waals surface area contributed by atoms with Crippen molar-refractivity contribution in [2.75, 3.05) is 13.1 Å². The highest BCUT2D eigenvalue weighted by Gasteiger charge is 2.26. The van der Waals surface area contributed by atoms with Gasteiger partial charge in [0, 0.05) is 19.0 Å². The van der Waals surface area contributed by atoms with Crippen LogP contribution in [-0.4, -0.2) is 34.1 Å². The number of rotatable bonds is 4. The van der Waals surface area contributed by atoms with Crippen molar-refractivity contribution in [3.05, 3.63) is 59.9 Å². The van der Waals surface area contributed by atoms with E-state index in [0.29, 0.717) is 17.2 Å². The third-order valence-corrected chi connectivity index (χ3v) is 4.61. The van der Waals surface area contributed by atoms with Gasteiger partial charge in [0.25, 0.3) is 0 Å². The minimum absolute atomic E-state index is 0.345. The van der Waals surface area contributed by atoms with E-state index in [-0.39, 0.29) is 0 Å². The number of ether oxygens (including phenoxy) is 1. The summed E-state index contributed by atoms with van der Waals surface area (Å²) in [6, 6.07) is 15.9. The highest BCUT2D eigenvalue weighted by atomic mass is 16.5. The number of carbonyl (C=O) groups is 1. The molecule has 1 fully saturated rings. The predicted octanol–water partition coefficient (Wildman–Crippen LogP) is 3.01. The van der Waals surface area contributed by atoms with Crippen molar-refractivity contribution in [2.24, 2.45) is 5.73 Å². The lowest BCUT2D eigenvalue weighted by Crippen LogP contribution is -2.19. The molecule has 2 aromatic carbocycles. The molecule has 0 spiro atoms. The van der Waals surface area contributed by atoms with Gasteiger partial charge in [-0.25, -0.2) is 9.78 Å². The van der Waals surface area contributed by atoms with Crippen LogP contribution in [-0.2, 0) is 6.54 Å². The molecule has 6 heteroatoms. The van der Waals surface area contributed by atoms with E-state index < -0.39 is 6.09 Å². The number of primary amides is 1. The second kappa shape index (κ2) is 6.57. The van der Waals surface area contributed by atoms with Crippen molar-refractivity contribution >= 4 is 17.1 Å². The molecule has 1 atom stereocenters. The van der Waals surface area contributed by atoms with Gasteiger partial charge in [0.05, 0.1) is 5.52 Å². The van der Waals surface area contributed by atoms with Crippen LogP contribution in [0.5, 0.6) is 5.75 Å². The minimum Gasteiger partial charge on any atom is -0.408 e. The van der Waals surface area contributed by atoms with Crippen LogP contribution in [0.15, 0.2) is 48.5 Å². The summed E-state index contributed by atoms with van der Waals surface area (Å²) in [6.07, 6.45) is 0.227. The molecular weight excluding hydrogens is 316 g/mol. The van der Waals surface area contributed by atoms with Gasteiger partial charge in [0.1, 0.15) is 11.3 Å². The average molecular weight is 336 g/mol. The molecule has 0 aliphatic carbocycles. The standard InChI is InChI=1S/C19H20N4O2/c20-19(24)25-16-8-4-7-15-17(16)22-18(21-15)14-9-10-23(12-14)11-13-5-2-1-3-6-13/h1-8,14H,9-12H2,(H2,20,24)(H,21,22). The quantitative estimate of drug-likeness (QED) is 0.767. The van der Waals surface area contributed by atoms with E-state index >= 15 is 0 Å². The van der Waals surface area contributed by atoms with Crippen LogP contribution < -0.4 is 10.5 Å². The van der Waals surface area contributed by atoms with Gasteiger partial charge >= 0.3 is 6.09 Å². The third kappa shape index (κ3) is 3.34. The van der Waals surface area contributed by atoms with E-state index in [4.69, 9.17) is 10.5 Å². The average Bonchev–Trinajstić information content (AvgIpc) is 3.22. The van der Waals surface area contributed by atoms with Crippen LogP contribution in [0.3, 0.4) is 0 Å². The molecule has 3 N–H and O–H groups in total. The number of para-hydroxylation sites is 1. The van der Waals surface area contributed by atoms with E-state index in [1.165, 1.54) is 5.56 Å². The Hall–Kier alpha value is -2.86. The second-order valence-electron chi connectivity index (χ2n) is 6.40. The predicted molar refractivity (Wildman–Crippen MR) is 95.4 cm³/mol. The summed E-state index contributed by atoms with van der Waals surface area (Å²) in [6.45, 7) is 2.95. The Kier molecular flexibility index (Phi) is 4.11. The third-order valence-electron chi connectivity index (χ3n) is 4.61. The number of imidazole rings is 1. The highest BCUT2D eigenvalue weighted by molar-refractivity contribution is 5.84. The minimum atomic E-state index is -0.827. The topological polar surface area (TPSA) is 84.2 Å². The first kappa shape index (κ1) is 15.7. The zero-order valence-corrected chi connectivity index (χ0v) is 13.8. The van der Waals surface area contributed by atoms with Gasteiger partial charge in [-0.3, -0.25) is 4.90 Å². The number of amides is 1. The Morgan fingerprint density at radius 2 is 2.08 bits per heavy atom. The number of nitrogens with one attached hydrogen (secondary N) is 1. The maximum atomic E-state index is 11.0. The number of benzene rings is 2. The fourth-order valence-electron chi connectivity index (χ4n) is 3.45. The first-order valence-corrected chi connectivity index (χ1v) is 8.41. The van der Waals surface area contributed by atoms with Crippen molar-refractivity contribution < 1.29 is 9.53 Å². The van der Waals surface area contributed by atoms with Crippen LogP contribution in [0, 0.1) is 0 Å². The molecular formula is C19H20N4O2. The molecule has 1 aromatic heterocycles. The molecule has 3 aromatic rings. The van der Waals surface area contributed by atoms with Gasteiger partial charge in [-0.1, -0.05) is 36.4 Å². The van der Waals surface area contributed by atoms with Crippen molar-refractivity contribution in [3.8, 4) is 5.75 Å². The Morgan fingerprint density at radius 3 is 2.88 bits per heavy atom. The Bertz CT molecular complexity index is 891. The molecule has 1 saturated heterocycles. The summed E-state index contributed by atoms with van der Waals surface area (Å²) in [4.78, 5) is 21.5. The maximum absolute atomic E-state index is 11.0. The van der Waals surface area contributed by atoms with E-state index in [9.17, 15) is 4.79 Å². The lowest BCUT2D eigenvalue weighted by molar-refractivity contribution is 0.211. The van der Waals surface area contributed by atoms with Gasteiger partial charge < -0.3 is 15.5 Å². The number of aromatic nitrogens is 2. The van der Waals surface area contributed by atoms with E-state index in [2.05, 4.69) is 39.1 Å². The smallest absolute Gasteiger partial charge is 0.408 e. The first-order valence-electron chi connectivity index (χ1n) is 8.41. The number of carbonyl (C=O) groups excluding carboxylic acids is 1. The van der Waals surface area contributed by atoms with Crippen LogP contribution in [0.2, 0.25) is 0 Å². The SMILES string of the molecule is NC(=O)Oc1cccc2[nH]c(C3CCN(Cc4ccccc4)C3)nc12. The number of nitrogens with two attached hydrogens (primary N) is 1. The fourth-order valence-corrected chi connectivity index (χ4v) is 3.45. The fraction of sp³-hybridized carbons (Fsp3) is 0.263. The molecule has 1 aliphatic heterocycles. The molecule has 2 heterocycles. The van der Waals surface area contributed by atoms with E-state index in [0.717, 1.165) is 37.4 Å². The summed E-state index contributed by atoms with van der Waals surface area (Å²) in [7, 11) is 0. The Morgan fingerprint density at radius 1 is 1.24 bits per heavy atom. The molecule has 6 nitrogen and oxygen atoms in total. The molecule has 1 amide bonds. The Labute approximate surface area is 145 Å². The monoisotopic (exact) mass is 336 g/mol. The van der Waals surface area contributed by atoms with E-state index in [1.807, 2.05) is 18.2 Å². The molecule has 0 radical (unpaired) electrons. The number of fused-ring (bicyclic) bond motifs is 1. The summed E-state index contributed by atoms with van der Waals surface area (Å²) < 4.78 is 5.05. The summed E-state index contributed by atoms with van der Waals surface area (Å²) >= 11 is 0. The van der Waals surface area contributed by atoms with Crippen molar-refractivity contribution in [1.82, 2.24) is 14.9 Å². The van der Waals surface area contributed by atoms with Crippen molar-refractivity contribution in [1.29, 1.82) is 0 Å². The summed E-state index contributed by atoms with van der Waals surface area (Å²) in [5.41, 5.74) is 7.96. The molecule has 1 aliphatic rings. The number of H-pyrrole nitrogens is 1. The normalized spacial score (nSPS) is 17.8. The van der Waals surface area contributed by atoms with Crippen LogP contribution >= 0.6 is 0 Å². The number of likely N-dealkylation sites (tertiary alicyclic amines) is 1. The number of hydrogen-bond donors (Lipinski definition) is 2. The number of hydrogen-bond acceptors (Lipinski definition) is 4. The summed E-state index contributed by atoms with van der Waals surface area (Å²) in [5.74, 6) is 1.68. The molecule has 0 bridgehead atoms. The first-order chi connectivity index (χ1) is 12.2. The molecule has 1 unspecified atom stereocenters. The van der Waals surface area contributed by atoms with Gasteiger partial charge in [0.2, 0.25) is 0 Å². The van der Waals surface area contributed by atoms with Gasteiger partial charge in [-0.15, -0.1) is 0 Å². The largest absolute Gasteiger partial charge is 0.410 e. The molecule has 25 heavy (non-hydrogen) atoms. The number of nitrogens with zero attached hydrogens (tertiary/aromatic N) is 2. The maximum Gasteiger partial charge on any atom is 0.410 e. The van der Waals surface area contributed by atoms with Gasteiger partial charge in [-0.2, -0.15) is 0 Å². The van der Waals surface area contributed by atoms with Crippen LogP contribution in [0.1, 0.15) is 23.7 Å². The molecule has 0 saturated carbocycles. The van der Waals surface area contributed by atoms with Crippen LogP contribution in [0.25, 0.3) is 11.0 Å². The van der Waals surface area contributed by atoms with Crippen molar-refractivity contribution in [3.63, 3.8) is 0 Å². The molecule has 4 rings (SSSR count). The second-order valence-corrected chi connectivity index (χ2v) is 6.40. The van der Waals surface area contributed by atoms with E-state index in [1.54, 1.807) is 6.07 Å². The van der Waals surface area contributed by atoms with Crippen LogP contribution in [0.4, 0.5) is 4.79 Å². The zero-order valence-electron chi connectivity index (χ0n) is 13.8.